The number of ether oxygens (including phenoxy) is 1. The van der Waals surface area contributed by atoms with Crippen LogP contribution in [0.1, 0.15) is 63.4 Å². The minimum Gasteiger partial charge on any atom is -0.444 e. The predicted molar refractivity (Wildman–Crippen MR) is 98.6 cm³/mol. The maximum Gasteiger partial charge on any atom is 0.407 e. The Morgan fingerprint density at radius 1 is 1.27 bits per heavy atom. The summed E-state index contributed by atoms with van der Waals surface area (Å²) in [5.41, 5.74) is 6.76. The normalized spacial score (nSPS) is 12.6. The molecule has 7 heteroatoms. The second kappa shape index (κ2) is 9.33. The summed E-state index contributed by atoms with van der Waals surface area (Å²) >= 11 is 0. The van der Waals surface area contributed by atoms with Gasteiger partial charge in [-0.2, -0.15) is 4.98 Å². The topological polar surface area (TPSA) is 103 Å². The predicted octanol–water partition coefficient (Wildman–Crippen LogP) is 3.36. The van der Waals surface area contributed by atoms with Crippen LogP contribution in [0.25, 0.3) is 0 Å². The Labute approximate surface area is 154 Å². The van der Waals surface area contributed by atoms with Crippen molar-refractivity contribution < 1.29 is 14.1 Å². The first-order chi connectivity index (χ1) is 12.3. The van der Waals surface area contributed by atoms with Gasteiger partial charge in [0.15, 0.2) is 5.82 Å². The van der Waals surface area contributed by atoms with Crippen LogP contribution in [0.3, 0.4) is 0 Å². The number of nitrogens with one attached hydrogen (secondary N) is 1. The molecular formula is C19H28N4O3. The highest BCUT2D eigenvalue weighted by Gasteiger charge is 2.16. The molecule has 0 fully saturated rings. The summed E-state index contributed by atoms with van der Waals surface area (Å²) in [6.45, 7) is 6.05. The molecule has 3 N–H and O–H groups in total. The number of aromatic nitrogens is 2. The maximum absolute atomic E-state index is 11.5. The van der Waals surface area contributed by atoms with E-state index in [2.05, 4.69) is 15.5 Å². The zero-order valence-electron chi connectivity index (χ0n) is 15.7. The van der Waals surface area contributed by atoms with Crippen LogP contribution >= 0.6 is 0 Å². The lowest BCUT2D eigenvalue weighted by molar-refractivity contribution is 0.0527. The lowest BCUT2D eigenvalue weighted by Crippen LogP contribution is -2.33. The van der Waals surface area contributed by atoms with Crippen molar-refractivity contribution in [3.8, 4) is 0 Å². The van der Waals surface area contributed by atoms with Crippen molar-refractivity contribution in [1.29, 1.82) is 0 Å². The van der Waals surface area contributed by atoms with Crippen molar-refractivity contribution in [2.24, 2.45) is 5.73 Å². The van der Waals surface area contributed by atoms with Gasteiger partial charge in [-0.1, -0.05) is 35.5 Å². The standard InChI is InChI=1S/C19H28N4O3/c1-19(2,3)25-18(24)21-12-8-7-11-15(20)17-22-16(23-26-17)13-14-9-5-4-6-10-14/h4-6,9-10,15H,7-8,11-13,20H2,1-3H3,(H,21,24)/t15-/m1/s1. The molecule has 1 aromatic carbocycles. The Kier molecular flexibility index (Phi) is 7.15. The van der Waals surface area contributed by atoms with E-state index >= 15 is 0 Å². The summed E-state index contributed by atoms with van der Waals surface area (Å²) in [5, 5.41) is 6.73. The molecule has 7 nitrogen and oxygen atoms in total. The van der Waals surface area contributed by atoms with E-state index in [1.807, 2.05) is 51.1 Å². The summed E-state index contributed by atoms with van der Waals surface area (Å²) in [6.07, 6.45) is 2.58. The molecule has 2 rings (SSSR count). The monoisotopic (exact) mass is 360 g/mol. The van der Waals surface area contributed by atoms with Gasteiger partial charge in [-0.25, -0.2) is 4.79 Å². The smallest absolute Gasteiger partial charge is 0.407 e. The van der Waals surface area contributed by atoms with E-state index in [-0.39, 0.29) is 6.04 Å². The van der Waals surface area contributed by atoms with Gasteiger partial charge < -0.3 is 20.3 Å². The Hall–Kier alpha value is -2.41. The van der Waals surface area contributed by atoms with Crippen molar-refractivity contribution in [2.45, 2.75) is 58.1 Å². The quantitative estimate of drug-likeness (QED) is 0.700. The average molecular weight is 360 g/mol. The number of carbonyl (C=O) groups excluding carboxylic acids is 1. The minimum absolute atomic E-state index is 0.298. The van der Waals surface area contributed by atoms with Gasteiger partial charge in [0.05, 0.1) is 6.04 Å². The third-order valence-corrected chi connectivity index (χ3v) is 3.62. The van der Waals surface area contributed by atoms with Gasteiger partial charge in [-0.3, -0.25) is 0 Å². The van der Waals surface area contributed by atoms with E-state index in [0.717, 1.165) is 18.4 Å². The highest BCUT2D eigenvalue weighted by Crippen LogP contribution is 2.16. The molecule has 0 spiro atoms. The van der Waals surface area contributed by atoms with Gasteiger partial charge in [0, 0.05) is 13.0 Å². The lowest BCUT2D eigenvalue weighted by Gasteiger charge is -2.19. The number of alkyl carbamates (subject to hydrolysis) is 1. The summed E-state index contributed by atoms with van der Waals surface area (Å²) < 4.78 is 10.5. The van der Waals surface area contributed by atoms with Gasteiger partial charge in [-0.05, 0) is 45.6 Å². The molecule has 0 unspecified atom stereocenters. The third-order valence-electron chi connectivity index (χ3n) is 3.62. The summed E-state index contributed by atoms with van der Waals surface area (Å²) in [6, 6.07) is 9.68. The maximum atomic E-state index is 11.5. The molecular weight excluding hydrogens is 332 g/mol. The van der Waals surface area contributed by atoms with Crippen molar-refractivity contribution in [1.82, 2.24) is 15.5 Å². The second-order valence-corrected chi connectivity index (χ2v) is 7.24. The van der Waals surface area contributed by atoms with E-state index < -0.39 is 11.7 Å². The van der Waals surface area contributed by atoms with Gasteiger partial charge in [-0.15, -0.1) is 0 Å². The highest BCUT2D eigenvalue weighted by atomic mass is 16.6. The largest absolute Gasteiger partial charge is 0.444 e. The molecule has 142 valence electrons. The van der Waals surface area contributed by atoms with Crippen LogP contribution in [-0.2, 0) is 11.2 Å². The number of amides is 1. The molecule has 2 aromatic rings. The molecule has 0 saturated carbocycles. The number of benzene rings is 1. The fourth-order valence-electron chi connectivity index (χ4n) is 2.39. The van der Waals surface area contributed by atoms with Crippen LogP contribution in [0.2, 0.25) is 0 Å². The van der Waals surface area contributed by atoms with E-state index in [1.165, 1.54) is 0 Å². The highest BCUT2D eigenvalue weighted by molar-refractivity contribution is 5.67. The Morgan fingerprint density at radius 3 is 2.69 bits per heavy atom. The molecule has 1 heterocycles. The second-order valence-electron chi connectivity index (χ2n) is 7.24. The Bertz CT molecular complexity index is 680. The molecule has 0 radical (unpaired) electrons. The van der Waals surface area contributed by atoms with E-state index in [4.69, 9.17) is 15.0 Å². The van der Waals surface area contributed by atoms with E-state index in [1.54, 1.807) is 0 Å². The molecule has 26 heavy (non-hydrogen) atoms. The van der Waals surface area contributed by atoms with Crippen molar-refractivity contribution in [2.75, 3.05) is 6.54 Å². The van der Waals surface area contributed by atoms with Crippen LogP contribution < -0.4 is 11.1 Å². The first kappa shape index (κ1) is 19.9. The van der Waals surface area contributed by atoms with Crippen LogP contribution in [-0.4, -0.2) is 28.4 Å². The SMILES string of the molecule is CC(C)(C)OC(=O)NCCCC[C@@H](N)c1nc(Cc2ccccc2)no1. The van der Waals surface area contributed by atoms with Crippen molar-refractivity contribution in [3.05, 3.63) is 47.6 Å². The molecule has 0 aliphatic heterocycles. The molecule has 0 bridgehead atoms. The minimum atomic E-state index is -0.484. The van der Waals surface area contributed by atoms with Crippen LogP contribution in [0.5, 0.6) is 0 Å². The molecule has 1 atom stereocenters. The Morgan fingerprint density at radius 2 is 2.00 bits per heavy atom. The number of hydrogen-bond acceptors (Lipinski definition) is 6. The first-order valence-electron chi connectivity index (χ1n) is 8.92. The molecule has 1 amide bonds. The molecule has 0 aliphatic rings. The zero-order chi connectivity index (χ0) is 19.0. The van der Waals surface area contributed by atoms with Crippen molar-refractivity contribution >= 4 is 6.09 Å². The number of hydrogen-bond donors (Lipinski definition) is 2. The summed E-state index contributed by atoms with van der Waals surface area (Å²) in [4.78, 5) is 15.9. The molecule has 1 aromatic heterocycles. The van der Waals surface area contributed by atoms with Crippen LogP contribution in [0.4, 0.5) is 4.79 Å². The fourth-order valence-corrected chi connectivity index (χ4v) is 2.39. The Balaban J connectivity index is 1.67. The van der Waals surface area contributed by atoms with Gasteiger partial charge in [0.1, 0.15) is 5.60 Å². The summed E-state index contributed by atoms with van der Waals surface area (Å²) in [7, 11) is 0. The van der Waals surface area contributed by atoms with Crippen LogP contribution in [0.15, 0.2) is 34.9 Å². The number of nitrogens with two attached hydrogens (primary N) is 1. The summed E-state index contributed by atoms with van der Waals surface area (Å²) in [5.74, 6) is 1.09. The first-order valence-corrected chi connectivity index (χ1v) is 8.92. The van der Waals surface area contributed by atoms with Crippen LogP contribution in [0, 0.1) is 0 Å². The molecule has 0 aliphatic carbocycles. The average Bonchev–Trinajstić information content (AvgIpc) is 3.02. The van der Waals surface area contributed by atoms with Gasteiger partial charge >= 0.3 is 6.09 Å². The number of nitrogens with zero attached hydrogens (tertiary/aromatic N) is 2. The molecule has 0 saturated heterocycles. The van der Waals surface area contributed by atoms with Gasteiger partial charge in [0.25, 0.3) is 0 Å². The van der Waals surface area contributed by atoms with E-state index in [9.17, 15) is 4.79 Å². The van der Waals surface area contributed by atoms with E-state index in [0.29, 0.717) is 31.1 Å². The number of rotatable bonds is 8. The van der Waals surface area contributed by atoms with Gasteiger partial charge in [0.2, 0.25) is 5.89 Å². The lowest BCUT2D eigenvalue weighted by atomic mass is 10.1. The third kappa shape index (κ3) is 7.23. The van der Waals surface area contributed by atoms with Crippen molar-refractivity contribution in [3.63, 3.8) is 0 Å². The zero-order valence-corrected chi connectivity index (χ0v) is 15.7. The number of unbranched alkanes of at least 4 members (excludes halogenated alkanes) is 1. The fraction of sp³-hybridized carbons (Fsp3) is 0.526. The number of carbonyl (C=O) groups is 1.